The van der Waals surface area contributed by atoms with Gasteiger partial charge in [-0.25, -0.2) is 5.43 Å². The zero-order valence-corrected chi connectivity index (χ0v) is 12.6. The lowest BCUT2D eigenvalue weighted by Crippen LogP contribution is -2.60. The van der Waals surface area contributed by atoms with Crippen LogP contribution in [0.3, 0.4) is 0 Å². The number of hydrogen-bond donors (Lipinski definition) is 4. The number of carbonyl (C=O) groups is 3. The number of hydrazine groups is 1. The van der Waals surface area contributed by atoms with E-state index < -0.39 is 36.0 Å². The number of aliphatic hydroxyl groups is 1. The Kier molecular flexibility index (Phi) is 5.36. The smallest absolute Gasteiger partial charge is 0.322 e. The highest BCUT2D eigenvalue weighted by Crippen LogP contribution is 2.29. The predicted molar refractivity (Wildman–Crippen MR) is 76.5 cm³/mol. The van der Waals surface area contributed by atoms with Gasteiger partial charge in [-0.05, 0) is 38.5 Å². The lowest BCUT2D eigenvalue weighted by Gasteiger charge is -2.34. The summed E-state index contributed by atoms with van der Waals surface area (Å²) >= 11 is 0. The molecule has 3 unspecified atom stereocenters. The molecular weight excluding hydrogens is 290 g/mol. The average Bonchev–Trinajstić information content (AvgIpc) is 2.44. The molecule has 8 nitrogen and oxygen atoms in total. The Bertz CT molecular complexity index is 452. The maximum Gasteiger partial charge on any atom is 0.322 e. The number of carbonyl (C=O) groups excluding carboxylic acids is 2. The summed E-state index contributed by atoms with van der Waals surface area (Å²) in [5.74, 6) is -1.97. The number of nitrogens with zero attached hydrogens (tertiary/aromatic N) is 1. The molecule has 8 heteroatoms. The zero-order valence-electron chi connectivity index (χ0n) is 12.6. The Balaban J connectivity index is 1.85. The van der Waals surface area contributed by atoms with Crippen molar-refractivity contribution in [2.75, 3.05) is 6.54 Å². The minimum atomic E-state index is -1.08. The summed E-state index contributed by atoms with van der Waals surface area (Å²) in [5.41, 5.74) is 2.65. The van der Waals surface area contributed by atoms with E-state index in [0.717, 1.165) is 19.3 Å². The first-order chi connectivity index (χ1) is 10.4. The van der Waals surface area contributed by atoms with Crippen LogP contribution < -0.4 is 10.7 Å². The van der Waals surface area contributed by atoms with Gasteiger partial charge in [0.1, 0.15) is 18.2 Å². The quantitative estimate of drug-likeness (QED) is 0.529. The van der Waals surface area contributed by atoms with Gasteiger partial charge in [0.25, 0.3) is 5.91 Å². The molecule has 124 valence electrons. The molecule has 0 radical (unpaired) electrons. The molecule has 1 saturated heterocycles. The van der Waals surface area contributed by atoms with Gasteiger partial charge in [-0.2, -0.15) is 0 Å². The Morgan fingerprint density at radius 3 is 2.45 bits per heavy atom. The molecule has 1 aliphatic heterocycles. The third-order valence-corrected chi connectivity index (χ3v) is 4.34. The fraction of sp³-hybridized carbons (Fsp3) is 0.786. The van der Waals surface area contributed by atoms with Gasteiger partial charge >= 0.3 is 5.97 Å². The van der Waals surface area contributed by atoms with Crippen LogP contribution in [0.4, 0.5) is 0 Å². The fourth-order valence-corrected chi connectivity index (χ4v) is 2.69. The first-order valence-corrected chi connectivity index (χ1v) is 7.69. The van der Waals surface area contributed by atoms with E-state index in [1.807, 2.05) is 0 Å². The summed E-state index contributed by atoms with van der Waals surface area (Å²) in [6, 6.07) is -1.61. The molecule has 0 aromatic rings. The van der Waals surface area contributed by atoms with E-state index >= 15 is 0 Å². The van der Waals surface area contributed by atoms with Crippen molar-refractivity contribution in [1.82, 2.24) is 15.8 Å². The third kappa shape index (κ3) is 3.75. The second kappa shape index (κ2) is 7.06. The van der Waals surface area contributed by atoms with Crippen LogP contribution in [-0.4, -0.2) is 57.7 Å². The van der Waals surface area contributed by atoms with Crippen LogP contribution in [0.5, 0.6) is 0 Å². The van der Waals surface area contributed by atoms with E-state index in [4.69, 9.17) is 5.11 Å². The number of aliphatic hydroxyl groups excluding tert-OH is 1. The van der Waals surface area contributed by atoms with Gasteiger partial charge in [0, 0.05) is 6.54 Å². The molecule has 3 atom stereocenters. The zero-order chi connectivity index (χ0) is 16.3. The van der Waals surface area contributed by atoms with Crippen LogP contribution in [0.1, 0.15) is 39.0 Å². The van der Waals surface area contributed by atoms with Crippen LogP contribution in [0.25, 0.3) is 0 Å². The second-order valence-electron chi connectivity index (χ2n) is 6.02. The highest BCUT2D eigenvalue weighted by Gasteiger charge is 2.34. The van der Waals surface area contributed by atoms with Crippen molar-refractivity contribution >= 4 is 17.8 Å². The lowest BCUT2D eigenvalue weighted by atomic mass is 9.81. The van der Waals surface area contributed by atoms with Crippen LogP contribution in [0.15, 0.2) is 0 Å². The number of carboxylic acid groups (broad SMARTS) is 1. The average molecular weight is 313 g/mol. The van der Waals surface area contributed by atoms with Crippen molar-refractivity contribution in [2.45, 2.75) is 57.2 Å². The van der Waals surface area contributed by atoms with Crippen molar-refractivity contribution < 1.29 is 24.6 Å². The topological polar surface area (TPSA) is 119 Å². The van der Waals surface area contributed by atoms with Gasteiger partial charge in [-0.1, -0.05) is 6.42 Å². The second-order valence-corrected chi connectivity index (χ2v) is 6.02. The number of rotatable bonds is 5. The normalized spacial score (nSPS) is 25.0. The number of amides is 2. The van der Waals surface area contributed by atoms with Gasteiger partial charge in [0.2, 0.25) is 5.91 Å². The van der Waals surface area contributed by atoms with E-state index in [1.165, 1.54) is 11.9 Å². The molecular formula is C14H23N3O5. The fourth-order valence-electron chi connectivity index (χ4n) is 2.69. The molecule has 1 saturated carbocycles. The summed E-state index contributed by atoms with van der Waals surface area (Å²) in [6.45, 7) is 1.92. The largest absolute Gasteiger partial charge is 0.480 e. The standard InChI is InChI=1S/C14H23N3O5/c1-8(15-12(19)11(18)9-4-2-5-9)13(20)17-7-3-6-10(16-17)14(21)22/h8-11,16,18H,2-7H2,1H3,(H,15,19)(H,21,22). The van der Waals surface area contributed by atoms with Crippen molar-refractivity contribution in [3.8, 4) is 0 Å². The van der Waals surface area contributed by atoms with Crippen molar-refractivity contribution in [3.63, 3.8) is 0 Å². The number of hydrogen-bond acceptors (Lipinski definition) is 5. The highest BCUT2D eigenvalue weighted by atomic mass is 16.4. The molecule has 2 amide bonds. The summed E-state index contributed by atoms with van der Waals surface area (Å²) in [5, 5.41) is 22.6. The van der Waals surface area contributed by atoms with E-state index in [-0.39, 0.29) is 5.92 Å². The number of carboxylic acids is 1. The summed E-state index contributed by atoms with van der Waals surface area (Å²) in [7, 11) is 0. The summed E-state index contributed by atoms with van der Waals surface area (Å²) < 4.78 is 0. The molecule has 1 aliphatic carbocycles. The summed E-state index contributed by atoms with van der Waals surface area (Å²) in [6.07, 6.45) is 2.62. The van der Waals surface area contributed by atoms with Crippen LogP contribution >= 0.6 is 0 Å². The van der Waals surface area contributed by atoms with Crippen LogP contribution in [0, 0.1) is 5.92 Å². The number of nitrogens with one attached hydrogen (secondary N) is 2. The summed E-state index contributed by atoms with van der Waals surface area (Å²) in [4.78, 5) is 35.1. The molecule has 2 aliphatic rings. The van der Waals surface area contributed by atoms with Crippen LogP contribution in [0.2, 0.25) is 0 Å². The minimum Gasteiger partial charge on any atom is -0.480 e. The lowest BCUT2D eigenvalue weighted by molar-refractivity contribution is -0.149. The Morgan fingerprint density at radius 1 is 1.23 bits per heavy atom. The third-order valence-electron chi connectivity index (χ3n) is 4.34. The van der Waals surface area contributed by atoms with Gasteiger partial charge in [-0.3, -0.25) is 19.4 Å². The molecule has 4 N–H and O–H groups in total. The van der Waals surface area contributed by atoms with E-state index in [9.17, 15) is 19.5 Å². The van der Waals surface area contributed by atoms with Gasteiger partial charge in [-0.15, -0.1) is 0 Å². The predicted octanol–water partition coefficient (Wildman–Crippen LogP) is -0.768. The molecule has 2 rings (SSSR count). The van der Waals surface area contributed by atoms with Crippen molar-refractivity contribution in [2.24, 2.45) is 5.92 Å². The Morgan fingerprint density at radius 2 is 1.91 bits per heavy atom. The maximum absolute atomic E-state index is 12.3. The first kappa shape index (κ1) is 16.7. The van der Waals surface area contributed by atoms with Gasteiger partial charge in [0.15, 0.2) is 0 Å². The molecule has 1 heterocycles. The molecule has 0 bridgehead atoms. The monoisotopic (exact) mass is 313 g/mol. The minimum absolute atomic E-state index is 0.0215. The van der Waals surface area contributed by atoms with Crippen molar-refractivity contribution in [3.05, 3.63) is 0 Å². The molecule has 0 aromatic heterocycles. The van der Waals surface area contributed by atoms with E-state index in [1.54, 1.807) is 0 Å². The van der Waals surface area contributed by atoms with E-state index in [0.29, 0.717) is 19.4 Å². The van der Waals surface area contributed by atoms with Crippen molar-refractivity contribution in [1.29, 1.82) is 0 Å². The van der Waals surface area contributed by atoms with Crippen LogP contribution in [-0.2, 0) is 14.4 Å². The Hall–Kier alpha value is -1.67. The highest BCUT2D eigenvalue weighted by molar-refractivity contribution is 5.89. The SMILES string of the molecule is CC(NC(=O)C(O)C1CCC1)C(=O)N1CCCC(C(=O)O)N1. The Labute approximate surface area is 128 Å². The molecule has 2 fully saturated rings. The molecule has 22 heavy (non-hydrogen) atoms. The molecule has 0 aromatic carbocycles. The van der Waals surface area contributed by atoms with Gasteiger partial charge < -0.3 is 15.5 Å². The van der Waals surface area contributed by atoms with E-state index in [2.05, 4.69) is 10.7 Å². The number of aliphatic carboxylic acids is 1. The maximum atomic E-state index is 12.3. The molecule has 0 spiro atoms. The van der Waals surface area contributed by atoms with Gasteiger partial charge in [0.05, 0.1) is 0 Å². The first-order valence-electron chi connectivity index (χ1n) is 7.69.